The van der Waals surface area contributed by atoms with Crippen LogP contribution in [0.3, 0.4) is 0 Å². The second-order valence-corrected chi connectivity index (χ2v) is 10.6. The van der Waals surface area contributed by atoms with Gasteiger partial charge in [-0.3, -0.25) is 0 Å². The molecule has 0 N–H and O–H groups in total. The van der Waals surface area contributed by atoms with Gasteiger partial charge in [0.1, 0.15) is 10.1 Å². The van der Waals surface area contributed by atoms with E-state index in [1.54, 1.807) is 0 Å². The van der Waals surface area contributed by atoms with Gasteiger partial charge in [-0.2, -0.15) is 0 Å². The zero-order valence-electron chi connectivity index (χ0n) is 21.3. The summed E-state index contributed by atoms with van der Waals surface area (Å²) in [4.78, 5) is -0.0720. The van der Waals surface area contributed by atoms with E-state index in [1.165, 1.54) is 83.1 Å². The van der Waals surface area contributed by atoms with Gasteiger partial charge in [0.15, 0.2) is 0 Å². The van der Waals surface area contributed by atoms with E-state index in [-0.39, 0.29) is 34.5 Å². The van der Waals surface area contributed by atoms with E-state index >= 15 is 0 Å². The predicted octanol–water partition coefficient (Wildman–Crippen LogP) is 5.33. The Morgan fingerprint density at radius 1 is 0.636 bits per heavy atom. The Morgan fingerprint density at radius 3 is 1.70 bits per heavy atom. The van der Waals surface area contributed by atoms with Crippen molar-refractivity contribution in [3.8, 4) is 0 Å². The van der Waals surface area contributed by atoms with Crippen LogP contribution in [0.25, 0.3) is 10.8 Å². The maximum absolute atomic E-state index is 11.9. The smallest absolute Gasteiger partial charge is 0.744 e. The molecule has 0 fully saturated rings. The third kappa shape index (κ3) is 11.3. The van der Waals surface area contributed by atoms with Crippen LogP contribution in [-0.2, 0) is 23.0 Å². The van der Waals surface area contributed by atoms with E-state index in [2.05, 4.69) is 19.9 Å². The van der Waals surface area contributed by atoms with E-state index < -0.39 is 10.1 Å². The fourth-order valence-corrected chi connectivity index (χ4v) is 5.25. The first-order valence-corrected chi connectivity index (χ1v) is 14.4. The molecule has 0 saturated heterocycles. The SMILES string of the molecule is CCCCCCCCCc1ccc2c(CCCCCCCCC)ccc(S(=O)(=O)[O-])c2c1.[Na+]. The molecule has 0 radical (unpaired) electrons. The molecule has 0 heterocycles. The summed E-state index contributed by atoms with van der Waals surface area (Å²) in [7, 11) is -4.49. The van der Waals surface area contributed by atoms with Gasteiger partial charge >= 0.3 is 29.6 Å². The number of aryl methyl sites for hydroxylation is 2. The Kier molecular flexibility index (Phi) is 15.9. The number of fused-ring (bicyclic) bond motifs is 1. The summed E-state index contributed by atoms with van der Waals surface area (Å²) >= 11 is 0. The largest absolute Gasteiger partial charge is 1.00 e. The molecule has 0 bridgehead atoms. The minimum Gasteiger partial charge on any atom is -0.744 e. The van der Waals surface area contributed by atoms with Gasteiger partial charge in [-0.1, -0.05) is 109 Å². The molecule has 2 aromatic rings. The molecule has 0 aliphatic heterocycles. The van der Waals surface area contributed by atoms with Crippen LogP contribution >= 0.6 is 0 Å². The first-order chi connectivity index (χ1) is 15.5. The van der Waals surface area contributed by atoms with Gasteiger partial charge in [0.25, 0.3) is 0 Å². The number of benzene rings is 2. The molecule has 0 unspecified atom stereocenters. The van der Waals surface area contributed by atoms with Crippen LogP contribution in [0.5, 0.6) is 0 Å². The van der Waals surface area contributed by atoms with E-state index in [0.717, 1.165) is 42.2 Å². The minimum absolute atomic E-state index is 0. The molecule has 2 aromatic carbocycles. The average Bonchev–Trinajstić information content (AvgIpc) is 2.76. The quantitative estimate of drug-likeness (QED) is 0.174. The molecule has 0 saturated carbocycles. The van der Waals surface area contributed by atoms with Crippen molar-refractivity contribution in [3.05, 3.63) is 41.5 Å². The summed E-state index contributed by atoms with van der Waals surface area (Å²) in [6.45, 7) is 4.47. The number of hydrogen-bond acceptors (Lipinski definition) is 3. The van der Waals surface area contributed by atoms with E-state index in [1.807, 2.05) is 18.2 Å². The maximum Gasteiger partial charge on any atom is 1.00 e. The van der Waals surface area contributed by atoms with Crippen molar-refractivity contribution in [1.29, 1.82) is 0 Å². The average molecular weight is 483 g/mol. The Hall–Kier alpha value is -0.390. The van der Waals surface area contributed by atoms with Crippen molar-refractivity contribution < 1.29 is 42.5 Å². The van der Waals surface area contributed by atoms with Crippen molar-refractivity contribution in [3.63, 3.8) is 0 Å². The first-order valence-electron chi connectivity index (χ1n) is 13.0. The summed E-state index contributed by atoms with van der Waals surface area (Å²) < 4.78 is 35.7. The monoisotopic (exact) mass is 482 g/mol. The van der Waals surface area contributed by atoms with Crippen molar-refractivity contribution in [2.75, 3.05) is 0 Å². The molecule has 0 atom stereocenters. The van der Waals surface area contributed by atoms with Gasteiger partial charge in [-0.05, 0) is 59.7 Å². The predicted molar refractivity (Wildman–Crippen MR) is 135 cm³/mol. The molecule has 33 heavy (non-hydrogen) atoms. The molecular weight excluding hydrogens is 439 g/mol. The van der Waals surface area contributed by atoms with Crippen molar-refractivity contribution in [2.45, 2.75) is 121 Å². The molecule has 0 aromatic heterocycles. The van der Waals surface area contributed by atoms with Crippen LogP contribution in [-0.4, -0.2) is 13.0 Å². The molecule has 0 aliphatic rings. The minimum atomic E-state index is -4.49. The Bertz CT molecular complexity index is 909. The van der Waals surface area contributed by atoms with Crippen LogP contribution in [0, 0.1) is 0 Å². The van der Waals surface area contributed by atoms with Crippen LogP contribution in [0.15, 0.2) is 35.2 Å². The zero-order valence-corrected chi connectivity index (χ0v) is 24.1. The number of rotatable bonds is 17. The molecule has 2 rings (SSSR count). The molecule has 180 valence electrons. The van der Waals surface area contributed by atoms with Gasteiger partial charge in [0, 0.05) is 0 Å². The van der Waals surface area contributed by atoms with Crippen molar-refractivity contribution in [2.24, 2.45) is 0 Å². The normalized spacial score (nSPS) is 11.6. The van der Waals surface area contributed by atoms with Gasteiger partial charge in [0.2, 0.25) is 0 Å². The van der Waals surface area contributed by atoms with Gasteiger partial charge in [-0.15, -0.1) is 0 Å². The summed E-state index contributed by atoms with van der Waals surface area (Å²) in [5.41, 5.74) is 2.28. The van der Waals surface area contributed by atoms with E-state index in [0.29, 0.717) is 5.39 Å². The fourth-order valence-electron chi connectivity index (χ4n) is 4.58. The standard InChI is InChI=1S/C28H44O3S.Na/c1-3-5-7-9-11-13-15-17-24-19-21-26-25(18-16-14-12-10-8-6-4-2)20-22-28(27(26)23-24)32(29,30)31;/h19-23H,3-18H2,1-2H3,(H,29,30,31);/q;+1/p-1. The van der Waals surface area contributed by atoms with Crippen LogP contribution in [0.1, 0.15) is 115 Å². The topological polar surface area (TPSA) is 57.2 Å². The molecule has 0 spiro atoms. The van der Waals surface area contributed by atoms with E-state index in [9.17, 15) is 13.0 Å². The summed E-state index contributed by atoms with van der Waals surface area (Å²) in [6, 6.07) is 9.48. The molecular formula is C28H43NaO3S. The first kappa shape index (κ1) is 30.6. The Morgan fingerprint density at radius 2 is 1.15 bits per heavy atom. The molecule has 0 amide bonds. The van der Waals surface area contributed by atoms with Crippen LogP contribution < -0.4 is 29.6 Å². The van der Waals surface area contributed by atoms with Crippen LogP contribution in [0.2, 0.25) is 0 Å². The van der Waals surface area contributed by atoms with Gasteiger partial charge in [-0.25, -0.2) is 8.42 Å². The molecule has 3 nitrogen and oxygen atoms in total. The number of unbranched alkanes of at least 4 members (excludes halogenated alkanes) is 12. The Balaban J connectivity index is 0.00000544. The third-order valence-corrected chi connectivity index (χ3v) is 7.41. The van der Waals surface area contributed by atoms with Crippen molar-refractivity contribution >= 4 is 20.9 Å². The summed E-state index contributed by atoms with van der Waals surface area (Å²) in [5, 5.41) is 1.54. The molecule has 0 aliphatic carbocycles. The fraction of sp³-hybridized carbons (Fsp3) is 0.643. The summed E-state index contributed by atoms with van der Waals surface area (Å²) in [6.07, 6.45) is 19.4. The second kappa shape index (κ2) is 17.1. The van der Waals surface area contributed by atoms with Gasteiger partial charge < -0.3 is 4.55 Å². The number of hydrogen-bond donors (Lipinski definition) is 0. The van der Waals surface area contributed by atoms with Crippen LogP contribution in [0.4, 0.5) is 0 Å². The second-order valence-electron chi connectivity index (χ2n) is 9.30. The van der Waals surface area contributed by atoms with E-state index in [4.69, 9.17) is 0 Å². The Labute approximate surface area is 225 Å². The zero-order chi connectivity index (χ0) is 23.2. The van der Waals surface area contributed by atoms with Gasteiger partial charge in [0.05, 0.1) is 4.90 Å². The third-order valence-electron chi connectivity index (χ3n) is 6.52. The molecule has 5 heteroatoms. The maximum atomic E-state index is 11.9. The summed E-state index contributed by atoms with van der Waals surface area (Å²) in [5.74, 6) is 0. The van der Waals surface area contributed by atoms with Crippen molar-refractivity contribution in [1.82, 2.24) is 0 Å².